The summed E-state index contributed by atoms with van der Waals surface area (Å²) in [7, 11) is 1.21. The van der Waals surface area contributed by atoms with Crippen molar-refractivity contribution in [3.05, 3.63) is 80.9 Å². The second kappa shape index (κ2) is 16.2. The van der Waals surface area contributed by atoms with E-state index in [9.17, 15) is 29.3 Å². The summed E-state index contributed by atoms with van der Waals surface area (Å²) in [4.78, 5) is 70.8. The number of hydrogen-bond donors (Lipinski definition) is 0. The number of likely N-dealkylation sites (tertiary alicyclic amines) is 1. The highest BCUT2D eigenvalue weighted by atomic mass is 32.2. The fourth-order valence-corrected chi connectivity index (χ4v) is 9.64. The van der Waals surface area contributed by atoms with Gasteiger partial charge in [-0.15, -0.1) is 11.8 Å². The standard InChI is InChI=1S/C37H48N4O9S2Si/c1-23-30-28(18-19-49-53(7,8)37(2,3)4)33(42)40(30)31(35(44)50-52-26-12-10-9-11-13-26)32(23)51-27-20-29(34(43)38(5)6)39(21-27)36(45)48-22-24-14-16-25(17-15-24)41(46)47/h9-17,23,27-30H,18-22H2,1-8H3/t23-,27+,28+,29+,30-/m1/s1. The van der Waals surface area contributed by atoms with E-state index in [-0.39, 0.29) is 64.5 Å². The number of carbonyl (C=O) groups is 4. The zero-order valence-corrected chi connectivity index (χ0v) is 34.0. The van der Waals surface area contributed by atoms with E-state index in [1.54, 1.807) is 19.0 Å². The van der Waals surface area contributed by atoms with Crippen molar-refractivity contribution in [3.63, 3.8) is 0 Å². The molecule has 2 fully saturated rings. The number of nitro benzene ring substituents is 1. The van der Waals surface area contributed by atoms with E-state index in [0.717, 1.165) is 16.9 Å². The van der Waals surface area contributed by atoms with Crippen LogP contribution in [-0.2, 0) is 34.3 Å². The van der Waals surface area contributed by atoms with Gasteiger partial charge in [-0.25, -0.2) is 9.59 Å². The zero-order chi connectivity index (χ0) is 38.8. The molecular weight excluding hydrogens is 737 g/mol. The first-order valence-corrected chi connectivity index (χ1v) is 22.1. The molecule has 13 nitrogen and oxygen atoms in total. The summed E-state index contributed by atoms with van der Waals surface area (Å²) in [5.41, 5.74) is 0.687. The smallest absolute Gasteiger partial charge is 0.410 e. The van der Waals surface area contributed by atoms with Crippen LogP contribution in [0.4, 0.5) is 10.5 Å². The summed E-state index contributed by atoms with van der Waals surface area (Å²) in [6.45, 7) is 13.4. The van der Waals surface area contributed by atoms with Gasteiger partial charge in [0.15, 0.2) is 8.32 Å². The van der Waals surface area contributed by atoms with Crippen LogP contribution in [0.2, 0.25) is 18.1 Å². The molecule has 3 amide bonds. The third-order valence-electron chi connectivity index (χ3n) is 10.5. The molecule has 0 N–H and O–H groups in total. The molecule has 53 heavy (non-hydrogen) atoms. The summed E-state index contributed by atoms with van der Waals surface area (Å²) in [6, 6.07) is 13.8. The average molecular weight is 785 g/mol. The Labute approximate surface area is 320 Å². The van der Waals surface area contributed by atoms with Gasteiger partial charge >= 0.3 is 12.1 Å². The number of benzene rings is 2. The third kappa shape index (κ3) is 8.76. The Morgan fingerprint density at radius 2 is 1.72 bits per heavy atom. The fourth-order valence-electron chi connectivity index (χ4n) is 6.54. The molecule has 2 aromatic rings. The lowest BCUT2D eigenvalue weighted by atomic mass is 9.80. The average Bonchev–Trinajstić information content (AvgIpc) is 3.64. The highest BCUT2D eigenvalue weighted by Crippen LogP contribution is 2.53. The van der Waals surface area contributed by atoms with Crippen LogP contribution in [0.25, 0.3) is 0 Å². The van der Waals surface area contributed by atoms with Gasteiger partial charge in [-0.3, -0.25) is 24.6 Å². The van der Waals surface area contributed by atoms with Gasteiger partial charge in [-0.1, -0.05) is 45.9 Å². The van der Waals surface area contributed by atoms with E-state index < -0.39 is 31.3 Å². The van der Waals surface area contributed by atoms with E-state index in [2.05, 4.69) is 33.9 Å². The summed E-state index contributed by atoms with van der Waals surface area (Å²) < 4.78 is 17.7. The number of likely N-dealkylation sites (N-methyl/N-ethyl adjacent to an activating group) is 1. The Bertz CT molecular complexity index is 1750. The predicted molar refractivity (Wildman–Crippen MR) is 205 cm³/mol. The maximum absolute atomic E-state index is 13.8. The molecule has 5 rings (SSSR count). The van der Waals surface area contributed by atoms with E-state index in [1.807, 2.05) is 37.3 Å². The molecule has 0 bridgehead atoms. The van der Waals surface area contributed by atoms with Gasteiger partial charge in [0.2, 0.25) is 11.8 Å². The number of nitro groups is 1. The molecule has 286 valence electrons. The van der Waals surface area contributed by atoms with E-state index >= 15 is 0 Å². The minimum absolute atomic E-state index is 0.0279. The monoisotopic (exact) mass is 784 g/mol. The lowest BCUT2D eigenvalue weighted by Gasteiger charge is -2.46. The number of ether oxygens (including phenoxy) is 1. The van der Waals surface area contributed by atoms with Crippen molar-refractivity contribution in [2.75, 3.05) is 27.2 Å². The van der Waals surface area contributed by atoms with Gasteiger partial charge in [0.1, 0.15) is 18.3 Å². The van der Waals surface area contributed by atoms with Gasteiger partial charge in [0.05, 0.1) is 28.9 Å². The summed E-state index contributed by atoms with van der Waals surface area (Å²) in [5.74, 6) is -1.57. The molecule has 0 saturated carbocycles. The Hall–Kier alpha value is -3.86. The first-order valence-electron chi connectivity index (χ1n) is 17.6. The molecule has 5 atom stereocenters. The number of hydrogen-bond acceptors (Lipinski definition) is 11. The topological polar surface area (TPSA) is 149 Å². The second-order valence-corrected chi connectivity index (χ2v) is 22.3. The van der Waals surface area contributed by atoms with E-state index in [1.165, 1.54) is 45.8 Å². The molecule has 0 aromatic heterocycles. The largest absolute Gasteiger partial charge is 0.445 e. The van der Waals surface area contributed by atoms with Crippen molar-refractivity contribution in [1.82, 2.24) is 14.7 Å². The summed E-state index contributed by atoms with van der Waals surface area (Å²) in [6.07, 6.45) is 0.140. The molecule has 3 aliphatic heterocycles. The Morgan fingerprint density at radius 3 is 2.32 bits per heavy atom. The normalized spacial score (nSPS) is 22.7. The van der Waals surface area contributed by atoms with Crippen LogP contribution >= 0.6 is 23.8 Å². The Balaban J connectivity index is 1.35. The van der Waals surface area contributed by atoms with Gasteiger partial charge in [-0.05, 0) is 60.8 Å². The van der Waals surface area contributed by atoms with Crippen LogP contribution in [0.15, 0.2) is 70.1 Å². The van der Waals surface area contributed by atoms with Gasteiger partial charge in [-0.2, -0.15) is 0 Å². The quantitative estimate of drug-likeness (QED) is 0.0691. The van der Waals surface area contributed by atoms with E-state index in [0.29, 0.717) is 29.9 Å². The van der Waals surface area contributed by atoms with Crippen molar-refractivity contribution in [2.45, 2.75) is 87.5 Å². The Morgan fingerprint density at radius 1 is 1.06 bits per heavy atom. The van der Waals surface area contributed by atoms with Crippen LogP contribution < -0.4 is 0 Å². The highest BCUT2D eigenvalue weighted by Gasteiger charge is 2.59. The van der Waals surface area contributed by atoms with Crippen LogP contribution in [0.3, 0.4) is 0 Å². The number of fused-ring (bicyclic) bond motifs is 1. The molecule has 0 unspecified atom stereocenters. The van der Waals surface area contributed by atoms with Crippen molar-refractivity contribution in [2.24, 2.45) is 11.8 Å². The van der Waals surface area contributed by atoms with E-state index in [4.69, 9.17) is 13.3 Å². The van der Waals surface area contributed by atoms with Crippen molar-refractivity contribution < 1.29 is 37.4 Å². The first-order chi connectivity index (χ1) is 24.9. The van der Waals surface area contributed by atoms with Crippen LogP contribution in [0, 0.1) is 22.0 Å². The van der Waals surface area contributed by atoms with Crippen molar-refractivity contribution in [1.29, 1.82) is 0 Å². The molecule has 16 heteroatoms. The van der Waals surface area contributed by atoms with Crippen LogP contribution in [0.1, 0.15) is 46.1 Å². The molecule has 0 radical (unpaired) electrons. The van der Waals surface area contributed by atoms with Crippen molar-refractivity contribution >= 4 is 61.7 Å². The second-order valence-electron chi connectivity index (χ2n) is 15.3. The molecular formula is C37H48N4O9S2Si. The SMILES string of the molecule is C[C@H]1C(S[C@H]2C[C@@H](C(=O)N(C)C)N(C(=O)OCc3ccc([N+](=O)[O-])cc3)C2)=C(C(=O)OSc2ccccc2)N2C(=O)[C@@H](CCO[Si](C)(C)C(C)(C)C)[C@@H]12. The zero-order valence-electron chi connectivity index (χ0n) is 31.4. The minimum Gasteiger partial charge on any atom is -0.445 e. The number of β-lactam (4-membered cyclic amide) rings is 1. The number of thioether (sulfide) groups is 1. The maximum atomic E-state index is 13.8. The summed E-state index contributed by atoms with van der Waals surface area (Å²) >= 11 is 2.33. The lowest BCUT2D eigenvalue weighted by Crippen LogP contribution is -2.60. The highest BCUT2D eigenvalue weighted by molar-refractivity contribution is 8.03. The molecule has 2 saturated heterocycles. The third-order valence-corrected chi connectivity index (χ3v) is 17.3. The Kier molecular flexibility index (Phi) is 12.4. The molecule has 3 aliphatic rings. The molecule has 0 aliphatic carbocycles. The molecule has 3 heterocycles. The van der Waals surface area contributed by atoms with Crippen LogP contribution in [0.5, 0.6) is 0 Å². The van der Waals surface area contributed by atoms with Gasteiger partial charge < -0.3 is 23.1 Å². The number of carbonyl (C=O) groups excluding carboxylic acids is 4. The number of nitrogens with zero attached hydrogens (tertiary/aromatic N) is 4. The number of rotatable bonds is 13. The van der Waals surface area contributed by atoms with Gasteiger partial charge in [0.25, 0.3) is 5.69 Å². The fraction of sp³-hybridized carbons (Fsp3) is 0.514. The first kappa shape index (κ1) is 40.3. The molecule has 2 aromatic carbocycles. The number of non-ortho nitro benzene ring substituents is 1. The van der Waals surface area contributed by atoms with Crippen molar-refractivity contribution in [3.8, 4) is 0 Å². The number of amides is 3. The summed E-state index contributed by atoms with van der Waals surface area (Å²) in [5, 5.41) is 10.8. The maximum Gasteiger partial charge on any atom is 0.410 e. The lowest BCUT2D eigenvalue weighted by molar-refractivity contribution is -0.384. The van der Waals surface area contributed by atoms with Crippen LogP contribution in [-0.4, -0.2) is 96.4 Å². The van der Waals surface area contributed by atoms with Gasteiger partial charge in [0, 0.05) is 60.3 Å². The minimum atomic E-state index is -2.03. The predicted octanol–water partition coefficient (Wildman–Crippen LogP) is 6.85. The molecule has 0 spiro atoms.